The normalized spacial score (nSPS) is 13.1. The molecule has 1 heterocycles. The molecular weight excluding hydrogens is 551 g/mol. The fraction of sp³-hybridized carbons (Fsp3) is 0.0741. The summed E-state index contributed by atoms with van der Waals surface area (Å²) < 4.78 is 43.0. The number of rotatable bonds is 5. The van der Waals surface area contributed by atoms with E-state index in [2.05, 4.69) is 20.8 Å². The van der Waals surface area contributed by atoms with E-state index in [4.69, 9.17) is 23.8 Å². The molecular formula is C27H23ClF3N5S2. The Labute approximate surface area is 228 Å². The molecule has 11 heteroatoms. The van der Waals surface area contributed by atoms with Crippen LogP contribution in [0.5, 0.6) is 0 Å². The molecule has 0 aliphatic rings. The van der Waals surface area contributed by atoms with Gasteiger partial charge in [0.15, 0.2) is 5.11 Å². The number of nitrogens with one attached hydrogen (secondary N) is 2. The zero-order valence-electron chi connectivity index (χ0n) is 20.3. The summed E-state index contributed by atoms with van der Waals surface area (Å²) in [6.45, 7) is 1.93. The summed E-state index contributed by atoms with van der Waals surface area (Å²) >= 11 is 11.5. The van der Waals surface area contributed by atoms with E-state index in [1.54, 1.807) is 23.2 Å². The Morgan fingerprint density at radius 2 is 1.82 bits per heavy atom. The lowest BCUT2D eigenvalue weighted by Gasteiger charge is -2.33. The average Bonchev–Trinajstić information content (AvgIpc) is 3.30. The topological polar surface area (TPSA) is 54.2 Å². The van der Waals surface area contributed by atoms with Crippen LogP contribution in [0.2, 0.25) is 5.02 Å². The number of thiol groups is 1. The fourth-order valence-electron chi connectivity index (χ4n) is 4.14. The van der Waals surface area contributed by atoms with Crippen LogP contribution in [-0.2, 0) is 0 Å². The smallest absolute Gasteiger partial charge is 0.191 e. The van der Waals surface area contributed by atoms with Crippen molar-refractivity contribution in [1.82, 2.24) is 15.0 Å². The maximum atomic E-state index is 13.7. The molecule has 38 heavy (non-hydrogen) atoms. The number of nitrogens with zero attached hydrogens (tertiary/aromatic N) is 3. The minimum absolute atomic E-state index is 0.310. The van der Waals surface area contributed by atoms with Crippen LogP contribution < -0.4 is 10.7 Å². The molecule has 0 radical (unpaired) electrons. The van der Waals surface area contributed by atoms with Gasteiger partial charge < -0.3 is 5.32 Å². The van der Waals surface area contributed by atoms with Crippen LogP contribution in [-0.4, -0.2) is 27.1 Å². The second-order valence-corrected chi connectivity index (χ2v) is 12.7. The lowest BCUT2D eigenvalue weighted by atomic mass is 10.1. The summed E-state index contributed by atoms with van der Waals surface area (Å²) in [6.07, 6.45) is 3.65. The van der Waals surface area contributed by atoms with Crippen LogP contribution in [0.4, 0.5) is 17.3 Å². The second kappa shape index (κ2) is 9.61. The highest BCUT2D eigenvalue weighted by atomic mass is 35.5. The van der Waals surface area contributed by atoms with Crippen LogP contribution in [0.1, 0.15) is 11.1 Å². The Morgan fingerprint density at radius 1 is 1.05 bits per heavy atom. The summed E-state index contributed by atoms with van der Waals surface area (Å²) in [5.41, 5.74) is 7.50. The monoisotopic (exact) mass is 573 g/mol. The quantitative estimate of drug-likeness (QED) is 0.0859. The van der Waals surface area contributed by atoms with Gasteiger partial charge in [0.25, 0.3) is 0 Å². The number of aryl methyl sites for hydroxylation is 1. The van der Waals surface area contributed by atoms with E-state index in [9.17, 15) is 11.7 Å². The van der Waals surface area contributed by atoms with Crippen LogP contribution in [0.3, 0.4) is 0 Å². The van der Waals surface area contributed by atoms with Gasteiger partial charge in [-0.3, -0.25) is 9.99 Å². The molecule has 1 aromatic heterocycles. The van der Waals surface area contributed by atoms with E-state index in [0.29, 0.717) is 22.1 Å². The first-order valence-electron chi connectivity index (χ1n) is 11.5. The molecule has 0 aliphatic carbocycles. The number of para-hydroxylation sites is 1. The number of hydrogen-bond acceptors (Lipinski definition) is 3. The molecule has 0 aliphatic heterocycles. The summed E-state index contributed by atoms with van der Waals surface area (Å²) in [5.74, 6) is 0. The Kier molecular flexibility index (Phi) is 6.58. The summed E-state index contributed by atoms with van der Waals surface area (Å²) in [4.78, 5) is 3.97. The molecule has 0 spiro atoms. The number of fused-ring (bicyclic) bond motifs is 3. The van der Waals surface area contributed by atoms with Crippen molar-refractivity contribution in [2.75, 3.05) is 11.6 Å². The SMILES string of the molecule is Cc1cccc(Cl)c1NC(=S)N/N=C/c1ccc2c(ccc3c2ncn3-c2ccc([SH](C)(F)(F)F)cc2)c1. The van der Waals surface area contributed by atoms with Gasteiger partial charge in [-0.2, -0.15) is 16.8 Å². The van der Waals surface area contributed by atoms with Gasteiger partial charge in [0.1, 0.15) is 6.33 Å². The number of imidazole rings is 1. The third-order valence-corrected chi connectivity index (χ3v) is 7.98. The van der Waals surface area contributed by atoms with Crippen molar-refractivity contribution in [3.63, 3.8) is 0 Å². The van der Waals surface area contributed by atoms with Gasteiger partial charge in [-0.05, 0) is 78.1 Å². The van der Waals surface area contributed by atoms with Gasteiger partial charge in [-0.25, -0.2) is 4.98 Å². The molecule has 0 saturated carbocycles. The molecule has 0 unspecified atom stereocenters. The van der Waals surface area contributed by atoms with Gasteiger partial charge in [-0.15, -0.1) is 0 Å². The molecule has 0 saturated heterocycles. The first-order chi connectivity index (χ1) is 18.0. The van der Waals surface area contributed by atoms with Crippen molar-refractivity contribution >= 4 is 73.0 Å². The van der Waals surface area contributed by atoms with Crippen LogP contribution >= 0.6 is 34.1 Å². The molecule has 5 nitrogen and oxygen atoms in total. The number of hydrazone groups is 1. The standard InChI is InChI=1S/C27H23ClF3N5S2/c1-17-4-3-5-23(28)25(17)34-27(37)35-33-15-18-6-12-22-19(14-18)7-13-24-26(22)32-16-36(24)20-8-10-21(11-9-20)38(2,29,30)31/h3-16,38H,1-2H3,(H2,34,35,37)/b33-15+. The largest absolute Gasteiger partial charge is 0.330 e. The van der Waals surface area contributed by atoms with Crippen molar-refractivity contribution in [3.05, 3.63) is 95.3 Å². The summed E-state index contributed by atoms with van der Waals surface area (Å²) in [6, 6.07) is 20.5. The highest BCUT2D eigenvalue weighted by molar-refractivity contribution is 8.37. The molecule has 0 atom stereocenters. The van der Waals surface area contributed by atoms with E-state index in [-0.39, 0.29) is 0 Å². The van der Waals surface area contributed by atoms with Crippen molar-refractivity contribution in [1.29, 1.82) is 0 Å². The highest BCUT2D eigenvalue weighted by Gasteiger charge is 2.34. The van der Waals surface area contributed by atoms with Crippen LogP contribution in [0.15, 0.2) is 89.1 Å². The predicted octanol–water partition coefficient (Wildman–Crippen LogP) is 8.18. The number of anilines is 1. The molecule has 196 valence electrons. The Morgan fingerprint density at radius 3 is 2.53 bits per heavy atom. The minimum atomic E-state index is -6.30. The van der Waals surface area contributed by atoms with Gasteiger partial charge >= 0.3 is 0 Å². The first kappa shape index (κ1) is 26.0. The average molecular weight is 574 g/mol. The van der Waals surface area contributed by atoms with Crippen molar-refractivity contribution in [3.8, 4) is 5.69 Å². The molecule has 2 N–H and O–H groups in total. The van der Waals surface area contributed by atoms with Crippen molar-refractivity contribution in [2.24, 2.45) is 5.10 Å². The van der Waals surface area contributed by atoms with E-state index < -0.39 is 15.2 Å². The van der Waals surface area contributed by atoms with Gasteiger partial charge in [0.05, 0.1) is 38.3 Å². The number of aromatic nitrogens is 2. The maximum absolute atomic E-state index is 13.7. The lowest BCUT2D eigenvalue weighted by Crippen LogP contribution is -2.24. The zero-order chi connectivity index (χ0) is 27.1. The first-order valence-corrected chi connectivity index (χ1v) is 14.6. The molecule has 0 fully saturated rings. The molecule has 4 aromatic carbocycles. The highest BCUT2D eigenvalue weighted by Crippen LogP contribution is 2.77. The fourth-order valence-corrected chi connectivity index (χ4v) is 5.35. The number of benzene rings is 4. The second-order valence-electron chi connectivity index (χ2n) is 8.98. The van der Waals surface area contributed by atoms with E-state index in [0.717, 1.165) is 50.8 Å². The maximum Gasteiger partial charge on any atom is 0.191 e. The Bertz CT molecular complexity index is 1700. The third kappa shape index (κ3) is 5.33. The van der Waals surface area contributed by atoms with E-state index in [1.807, 2.05) is 49.4 Å². The molecule has 5 rings (SSSR count). The third-order valence-electron chi connectivity index (χ3n) is 6.08. The van der Waals surface area contributed by atoms with Crippen LogP contribution in [0.25, 0.3) is 27.5 Å². The van der Waals surface area contributed by atoms with Crippen LogP contribution in [0, 0.1) is 6.92 Å². The van der Waals surface area contributed by atoms with E-state index in [1.165, 1.54) is 12.1 Å². The zero-order valence-corrected chi connectivity index (χ0v) is 22.8. The van der Waals surface area contributed by atoms with Crippen molar-refractivity contribution in [2.45, 2.75) is 11.8 Å². The van der Waals surface area contributed by atoms with E-state index >= 15 is 0 Å². The number of halogens is 4. The minimum Gasteiger partial charge on any atom is -0.330 e. The Balaban J connectivity index is 1.35. The number of hydrogen-bond donors (Lipinski definition) is 3. The Hall–Kier alpha value is -3.60. The molecule has 0 bridgehead atoms. The van der Waals surface area contributed by atoms with Crippen molar-refractivity contribution < 1.29 is 11.7 Å². The van der Waals surface area contributed by atoms with Gasteiger partial charge in [0.2, 0.25) is 0 Å². The number of thiocarbonyl (C=S) groups is 1. The summed E-state index contributed by atoms with van der Waals surface area (Å²) in [5, 5.41) is 10.0. The van der Waals surface area contributed by atoms with Gasteiger partial charge in [0, 0.05) is 22.2 Å². The summed E-state index contributed by atoms with van der Waals surface area (Å²) in [7, 11) is -6.30. The molecule has 0 amide bonds. The molecule has 5 aromatic rings. The predicted molar refractivity (Wildman–Crippen MR) is 158 cm³/mol. The van der Waals surface area contributed by atoms with Gasteiger partial charge in [-0.1, -0.05) is 41.9 Å². The lowest BCUT2D eigenvalue weighted by molar-refractivity contribution is 0.600.